The van der Waals surface area contributed by atoms with Crippen LogP contribution >= 0.6 is 11.6 Å². The predicted octanol–water partition coefficient (Wildman–Crippen LogP) is 6.57. The number of benzene rings is 3. The minimum absolute atomic E-state index is 0.00312. The van der Waals surface area contributed by atoms with E-state index in [4.69, 9.17) is 16.9 Å². The topological polar surface area (TPSA) is 44.0 Å². The van der Waals surface area contributed by atoms with Crippen LogP contribution in [-0.2, 0) is 5.60 Å². The molecule has 3 rings (SSSR count). The fourth-order valence-corrected chi connectivity index (χ4v) is 3.78. The Hall–Kier alpha value is -2.88. The Morgan fingerprint density at radius 3 is 2.23 bits per heavy atom. The van der Waals surface area contributed by atoms with E-state index < -0.39 is 29.1 Å². The van der Waals surface area contributed by atoms with Crippen LogP contribution < -0.4 is 0 Å². The first-order chi connectivity index (χ1) is 14.1. The Bertz CT molecular complexity index is 1120. The highest BCUT2D eigenvalue weighted by Crippen LogP contribution is 2.50. The van der Waals surface area contributed by atoms with E-state index in [0.717, 1.165) is 12.1 Å². The number of hydrogen-bond donors (Lipinski definition) is 1. The Balaban J connectivity index is 2.09. The quantitative estimate of drug-likeness (QED) is 0.473. The molecule has 0 radical (unpaired) electrons. The molecule has 2 nitrogen and oxygen atoms in total. The van der Waals surface area contributed by atoms with Crippen LogP contribution in [0.3, 0.4) is 0 Å². The molecule has 0 aromatic heterocycles. The number of aliphatic hydroxyl groups is 1. The van der Waals surface area contributed by atoms with Crippen LogP contribution in [0, 0.1) is 17.1 Å². The Morgan fingerprint density at radius 2 is 1.63 bits per heavy atom. The lowest BCUT2D eigenvalue weighted by Crippen LogP contribution is -2.46. The van der Waals surface area contributed by atoms with E-state index in [0.29, 0.717) is 11.1 Å². The van der Waals surface area contributed by atoms with Gasteiger partial charge in [0.25, 0.3) is 0 Å². The number of rotatable bonds is 4. The average molecular weight is 434 g/mol. The van der Waals surface area contributed by atoms with E-state index in [2.05, 4.69) is 0 Å². The van der Waals surface area contributed by atoms with Gasteiger partial charge < -0.3 is 5.11 Å². The number of nitrogens with zero attached hydrogens (tertiary/aromatic N) is 1. The van der Waals surface area contributed by atoms with Crippen molar-refractivity contribution in [2.75, 3.05) is 0 Å². The summed E-state index contributed by atoms with van der Waals surface area (Å²) in [6, 6.07) is 16.6. The SMILES string of the molecule is CC(c1ccc(-c2cccc(F)c2)cc1Cl)C(O)(c1cccc(C#N)c1)C(F)(F)F. The van der Waals surface area contributed by atoms with Crippen molar-refractivity contribution in [3.63, 3.8) is 0 Å². The zero-order chi connectivity index (χ0) is 22.1. The minimum atomic E-state index is -5.04. The molecule has 30 heavy (non-hydrogen) atoms. The highest BCUT2D eigenvalue weighted by Gasteiger charge is 2.59. The maximum atomic E-state index is 14.1. The van der Waals surface area contributed by atoms with Crippen LogP contribution in [0.1, 0.15) is 29.5 Å². The van der Waals surface area contributed by atoms with Gasteiger partial charge in [0.2, 0.25) is 0 Å². The molecule has 1 N–H and O–H groups in total. The standard InChI is InChI=1S/C23H16ClF4NO/c1-14(22(30,23(26,27)28)18-6-2-4-15(10-18)13-29)20-9-8-17(12-21(20)24)16-5-3-7-19(25)11-16/h2-12,14,30H,1H3. The molecule has 2 atom stereocenters. The fourth-order valence-electron chi connectivity index (χ4n) is 3.44. The van der Waals surface area contributed by atoms with Crippen molar-refractivity contribution in [3.05, 3.63) is 94.3 Å². The highest BCUT2D eigenvalue weighted by molar-refractivity contribution is 6.31. The van der Waals surface area contributed by atoms with Crippen LogP contribution in [0.15, 0.2) is 66.7 Å². The number of nitriles is 1. The molecule has 0 aliphatic carbocycles. The van der Waals surface area contributed by atoms with E-state index >= 15 is 0 Å². The molecule has 0 saturated carbocycles. The first-order valence-electron chi connectivity index (χ1n) is 8.93. The average Bonchev–Trinajstić information content (AvgIpc) is 2.71. The summed E-state index contributed by atoms with van der Waals surface area (Å²) < 4.78 is 55.7. The molecule has 3 aromatic carbocycles. The zero-order valence-corrected chi connectivity index (χ0v) is 16.5. The van der Waals surface area contributed by atoms with Crippen molar-refractivity contribution in [2.24, 2.45) is 0 Å². The van der Waals surface area contributed by atoms with Crippen LogP contribution in [0.2, 0.25) is 5.02 Å². The van der Waals surface area contributed by atoms with Gasteiger partial charge in [-0.15, -0.1) is 0 Å². The lowest BCUT2D eigenvalue weighted by atomic mass is 9.77. The van der Waals surface area contributed by atoms with E-state index in [1.807, 2.05) is 0 Å². The van der Waals surface area contributed by atoms with Crippen molar-refractivity contribution in [3.8, 4) is 17.2 Å². The van der Waals surface area contributed by atoms with Gasteiger partial charge in [-0.25, -0.2) is 4.39 Å². The molecule has 0 heterocycles. The Morgan fingerprint density at radius 1 is 0.967 bits per heavy atom. The third kappa shape index (κ3) is 3.91. The molecule has 3 aromatic rings. The number of hydrogen-bond acceptors (Lipinski definition) is 2. The first kappa shape index (κ1) is 21.8. The molecule has 2 unspecified atom stereocenters. The van der Waals surface area contributed by atoms with Gasteiger partial charge in [0, 0.05) is 10.9 Å². The summed E-state index contributed by atoms with van der Waals surface area (Å²) >= 11 is 6.29. The summed E-state index contributed by atoms with van der Waals surface area (Å²) in [5.41, 5.74) is -2.62. The van der Waals surface area contributed by atoms with Gasteiger partial charge >= 0.3 is 6.18 Å². The molecule has 0 aliphatic heterocycles. The van der Waals surface area contributed by atoms with Gasteiger partial charge in [-0.2, -0.15) is 18.4 Å². The fraction of sp³-hybridized carbons (Fsp3) is 0.174. The van der Waals surface area contributed by atoms with Gasteiger partial charge in [0.1, 0.15) is 5.82 Å². The number of alkyl halides is 3. The Labute approximate surface area is 176 Å². The van der Waals surface area contributed by atoms with E-state index in [9.17, 15) is 22.7 Å². The monoisotopic (exact) mass is 433 g/mol. The molecule has 0 fully saturated rings. The van der Waals surface area contributed by atoms with Crippen LogP contribution in [-0.4, -0.2) is 11.3 Å². The van der Waals surface area contributed by atoms with Crippen molar-refractivity contribution in [2.45, 2.75) is 24.6 Å². The largest absolute Gasteiger partial charge is 0.422 e. The summed E-state index contributed by atoms with van der Waals surface area (Å²) in [4.78, 5) is 0. The molecule has 154 valence electrons. The summed E-state index contributed by atoms with van der Waals surface area (Å²) in [6.45, 7) is 1.22. The first-order valence-corrected chi connectivity index (χ1v) is 9.31. The number of halogens is 5. The normalized spacial score (nSPS) is 14.6. The maximum Gasteiger partial charge on any atom is 0.422 e. The van der Waals surface area contributed by atoms with Crippen molar-refractivity contribution in [1.82, 2.24) is 0 Å². The van der Waals surface area contributed by atoms with Crippen LogP contribution in [0.25, 0.3) is 11.1 Å². The molecule has 0 saturated heterocycles. The molecule has 0 aliphatic rings. The summed E-state index contributed by atoms with van der Waals surface area (Å²) in [5, 5.41) is 19.9. The van der Waals surface area contributed by atoms with Crippen molar-refractivity contribution in [1.29, 1.82) is 5.26 Å². The second-order valence-electron chi connectivity index (χ2n) is 6.93. The zero-order valence-electron chi connectivity index (χ0n) is 15.7. The smallest absolute Gasteiger partial charge is 0.376 e. The molecule has 0 amide bonds. The lowest BCUT2D eigenvalue weighted by molar-refractivity contribution is -0.274. The second-order valence-corrected chi connectivity index (χ2v) is 7.33. The molecular weight excluding hydrogens is 418 g/mol. The maximum absolute atomic E-state index is 14.1. The van der Waals surface area contributed by atoms with Crippen molar-refractivity contribution < 1.29 is 22.7 Å². The summed E-state index contributed by atoms with van der Waals surface area (Å²) in [5.74, 6) is -1.94. The van der Waals surface area contributed by atoms with Gasteiger partial charge in [-0.1, -0.05) is 54.9 Å². The predicted molar refractivity (Wildman–Crippen MR) is 106 cm³/mol. The van der Waals surface area contributed by atoms with Crippen LogP contribution in [0.5, 0.6) is 0 Å². The van der Waals surface area contributed by atoms with E-state index in [1.165, 1.54) is 55.5 Å². The lowest BCUT2D eigenvalue weighted by Gasteiger charge is -2.37. The highest BCUT2D eigenvalue weighted by atomic mass is 35.5. The van der Waals surface area contributed by atoms with Gasteiger partial charge in [-0.05, 0) is 52.6 Å². The van der Waals surface area contributed by atoms with E-state index in [1.54, 1.807) is 12.1 Å². The summed E-state index contributed by atoms with van der Waals surface area (Å²) in [7, 11) is 0. The molecule has 0 bridgehead atoms. The minimum Gasteiger partial charge on any atom is -0.376 e. The third-order valence-corrected chi connectivity index (χ3v) is 5.44. The van der Waals surface area contributed by atoms with Gasteiger partial charge in [0.15, 0.2) is 5.60 Å². The van der Waals surface area contributed by atoms with Gasteiger partial charge in [-0.3, -0.25) is 0 Å². The Kier molecular flexibility index (Phi) is 5.89. The van der Waals surface area contributed by atoms with E-state index in [-0.39, 0.29) is 16.1 Å². The molecule has 0 spiro atoms. The molecular formula is C23H16ClF4NO. The summed E-state index contributed by atoms with van der Waals surface area (Å²) in [6.07, 6.45) is -5.04. The van der Waals surface area contributed by atoms with Crippen molar-refractivity contribution >= 4 is 11.6 Å². The third-order valence-electron chi connectivity index (χ3n) is 5.12. The van der Waals surface area contributed by atoms with Gasteiger partial charge in [0.05, 0.1) is 11.6 Å². The second kappa shape index (κ2) is 8.10. The van der Waals surface area contributed by atoms with Crippen LogP contribution in [0.4, 0.5) is 17.6 Å². The molecule has 7 heteroatoms.